The smallest absolute Gasteiger partial charge is 0.246 e. The van der Waals surface area contributed by atoms with Crippen molar-refractivity contribution in [3.8, 4) is 0 Å². The van der Waals surface area contributed by atoms with Crippen molar-refractivity contribution in [2.75, 3.05) is 11.9 Å². The molecule has 3 N–H and O–H groups in total. The minimum absolute atomic E-state index is 0.0734. The Hall–Kier alpha value is -1.92. The normalized spacial score (nSPS) is 9.31. The van der Waals surface area contributed by atoms with Gasteiger partial charge in [-0.25, -0.2) is 5.10 Å². The Kier molecular flexibility index (Phi) is 2.96. The van der Waals surface area contributed by atoms with Crippen LogP contribution >= 0.6 is 0 Å². The van der Waals surface area contributed by atoms with Crippen LogP contribution in [0, 0.1) is 0 Å². The van der Waals surface area contributed by atoms with Crippen molar-refractivity contribution >= 4 is 17.8 Å². The molecule has 7 heteroatoms. The van der Waals surface area contributed by atoms with Gasteiger partial charge in [-0.2, -0.15) is 10.1 Å². The lowest BCUT2D eigenvalue weighted by Crippen LogP contribution is -2.31. The predicted molar refractivity (Wildman–Crippen MR) is 43.7 cm³/mol. The number of aromatic amines is 1. The summed E-state index contributed by atoms with van der Waals surface area (Å²) >= 11 is 0. The van der Waals surface area contributed by atoms with Gasteiger partial charge in [-0.05, 0) is 0 Å². The molecule has 13 heavy (non-hydrogen) atoms. The van der Waals surface area contributed by atoms with Crippen LogP contribution in [-0.2, 0) is 9.59 Å². The fourth-order valence-corrected chi connectivity index (χ4v) is 0.647. The van der Waals surface area contributed by atoms with E-state index in [0.29, 0.717) is 0 Å². The van der Waals surface area contributed by atoms with Gasteiger partial charge in [-0.3, -0.25) is 14.9 Å². The molecular formula is C6H9N5O2. The highest BCUT2D eigenvalue weighted by Crippen LogP contribution is 1.90. The van der Waals surface area contributed by atoms with E-state index >= 15 is 0 Å². The molecule has 7 nitrogen and oxygen atoms in total. The van der Waals surface area contributed by atoms with Crippen molar-refractivity contribution < 1.29 is 9.59 Å². The van der Waals surface area contributed by atoms with Crippen LogP contribution in [0.25, 0.3) is 0 Å². The van der Waals surface area contributed by atoms with E-state index in [2.05, 4.69) is 25.8 Å². The molecule has 0 fully saturated rings. The standard InChI is InChI=1S/C6H9N5O2/c1-4(12)7-2-5(13)10-6-8-3-9-11-6/h3H,2H2,1H3,(H,7,12)(H2,8,9,10,11,13). The minimum Gasteiger partial charge on any atom is -0.347 e. The lowest BCUT2D eigenvalue weighted by Gasteiger charge is -2.00. The van der Waals surface area contributed by atoms with E-state index in [4.69, 9.17) is 0 Å². The average molecular weight is 183 g/mol. The monoisotopic (exact) mass is 183 g/mol. The Morgan fingerprint density at radius 2 is 2.38 bits per heavy atom. The van der Waals surface area contributed by atoms with Crippen LogP contribution in [0.3, 0.4) is 0 Å². The van der Waals surface area contributed by atoms with Gasteiger partial charge in [0.2, 0.25) is 17.8 Å². The number of hydrogen-bond acceptors (Lipinski definition) is 4. The lowest BCUT2D eigenvalue weighted by atomic mass is 10.5. The fraction of sp³-hybridized carbons (Fsp3) is 0.333. The van der Waals surface area contributed by atoms with Crippen molar-refractivity contribution in [1.29, 1.82) is 0 Å². The molecule has 0 atom stereocenters. The highest BCUT2D eigenvalue weighted by atomic mass is 16.2. The van der Waals surface area contributed by atoms with Gasteiger partial charge in [0.05, 0.1) is 6.54 Å². The van der Waals surface area contributed by atoms with E-state index in [1.165, 1.54) is 13.3 Å². The summed E-state index contributed by atoms with van der Waals surface area (Å²) in [6.07, 6.45) is 1.27. The van der Waals surface area contributed by atoms with Crippen molar-refractivity contribution in [3.63, 3.8) is 0 Å². The van der Waals surface area contributed by atoms with E-state index in [-0.39, 0.29) is 24.3 Å². The van der Waals surface area contributed by atoms with Crippen LogP contribution in [0.5, 0.6) is 0 Å². The molecule has 1 aromatic rings. The number of H-pyrrole nitrogens is 1. The first-order chi connectivity index (χ1) is 6.18. The van der Waals surface area contributed by atoms with Crippen LogP contribution < -0.4 is 10.6 Å². The van der Waals surface area contributed by atoms with E-state index in [9.17, 15) is 9.59 Å². The SMILES string of the molecule is CC(=O)NCC(=O)Nc1ncn[nH]1. The maximum atomic E-state index is 11.0. The second-order valence-electron chi connectivity index (χ2n) is 2.29. The third-order valence-corrected chi connectivity index (χ3v) is 1.17. The second-order valence-corrected chi connectivity index (χ2v) is 2.29. The first-order valence-electron chi connectivity index (χ1n) is 3.58. The Morgan fingerprint density at radius 1 is 1.62 bits per heavy atom. The van der Waals surface area contributed by atoms with Crippen molar-refractivity contribution in [1.82, 2.24) is 20.5 Å². The zero-order valence-electron chi connectivity index (χ0n) is 7.00. The maximum absolute atomic E-state index is 11.0. The quantitative estimate of drug-likeness (QED) is 0.552. The van der Waals surface area contributed by atoms with Gasteiger partial charge < -0.3 is 5.32 Å². The van der Waals surface area contributed by atoms with Gasteiger partial charge in [0.1, 0.15) is 6.33 Å². The third-order valence-electron chi connectivity index (χ3n) is 1.17. The van der Waals surface area contributed by atoms with E-state index < -0.39 is 0 Å². The number of anilines is 1. The molecule has 2 amide bonds. The number of carbonyl (C=O) groups excluding carboxylic acids is 2. The number of hydrogen-bond donors (Lipinski definition) is 3. The molecule has 0 aliphatic rings. The van der Waals surface area contributed by atoms with Crippen molar-refractivity contribution in [2.24, 2.45) is 0 Å². The molecule has 0 spiro atoms. The average Bonchev–Trinajstić information content (AvgIpc) is 2.53. The lowest BCUT2D eigenvalue weighted by molar-refractivity contribution is -0.122. The Balaban J connectivity index is 2.30. The molecule has 0 radical (unpaired) electrons. The summed E-state index contributed by atoms with van der Waals surface area (Å²) in [5, 5.41) is 10.7. The van der Waals surface area contributed by atoms with E-state index in [1.807, 2.05) is 0 Å². The summed E-state index contributed by atoms with van der Waals surface area (Å²) in [5.41, 5.74) is 0. The summed E-state index contributed by atoms with van der Waals surface area (Å²) in [4.78, 5) is 25.1. The number of rotatable bonds is 3. The van der Waals surface area contributed by atoms with Crippen molar-refractivity contribution in [3.05, 3.63) is 6.33 Å². The van der Waals surface area contributed by atoms with Gasteiger partial charge in [-0.1, -0.05) is 0 Å². The van der Waals surface area contributed by atoms with Crippen LogP contribution in [0.1, 0.15) is 6.92 Å². The maximum Gasteiger partial charge on any atom is 0.246 e. The van der Waals surface area contributed by atoms with Gasteiger partial charge >= 0.3 is 0 Å². The summed E-state index contributed by atoms with van der Waals surface area (Å²) in [7, 11) is 0. The molecule has 1 heterocycles. The number of aromatic nitrogens is 3. The number of carbonyl (C=O) groups is 2. The van der Waals surface area contributed by atoms with Crippen LogP contribution in [-0.4, -0.2) is 33.5 Å². The highest BCUT2D eigenvalue weighted by molar-refractivity contribution is 5.92. The molecule has 0 unspecified atom stereocenters. The summed E-state index contributed by atoms with van der Waals surface area (Å²) in [5.74, 6) is -0.352. The molecule has 0 saturated heterocycles. The predicted octanol–water partition coefficient (Wildman–Crippen LogP) is -1.12. The van der Waals surface area contributed by atoms with Crippen molar-refractivity contribution in [2.45, 2.75) is 6.92 Å². The largest absolute Gasteiger partial charge is 0.347 e. The summed E-state index contributed by atoms with van der Waals surface area (Å²) in [6.45, 7) is 1.26. The van der Waals surface area contributed by atoms with Gasteiger partial charge in [-0.15, -0.1) is 0 Å². The van der Waals surface area contributed by atoms with E-state index in [1.54, 1.807) is 0 Å². The minimum atomic E-state index is -0.355. The van der Waals surface area contributed by atoms with Crippen LogP contribution in [0.15, 0.2) is 6.33 Å². The van der Waals surface area contributed by atoms with E-state index in [0.717, 1.165) is 0 Å². The molecule has 0 bridgehead atoms. The Morgan fingerprint density at radius 3 is 2.92 bits per heavy atom. The topological polar surface area (TPSA) is 99.8 Å². The molecule has 0 aromatic carbocycles. The Labute approximate surface area is 73.9 Å². The molecule has 0 aliphatic carbocycles. The molecule has 1 rings (SSSR count). The Bertz CT molecular complexity index is 294. The van der Waals surface area contributed by atoms with Crippen LogP contribution in [0.4, 0.5) is 5.95 Å². The number of nitrogens with one attached hydrogen (secondary N) is 3. The molecule has 0 saturated carbocycles. The second kappa shape index (κ2) is 4.19. The highest BCUT2D eigenvalue weighted by Gasteiger charge is 2.03. The van der Waals surface area contributed by atoms with Gasteiger partial charge in [0.15, 0.2) is 0 Å². The summed E-state index contributed by atoms with van der Waals surface area (Å²) in [6, 6.07) is 0. The molecular weight excluding hydrogens is 174 g/mol. The zero-order chi connectivity index (χ0) is 9.68. The summed E-state index contributed by atoms with van der Waals surface area (Å²) < 4.78 is 0. The van der Waals surface area contributed by atoms with Gasteiger partial charge in [0, 0.05) is 6.92 Å². The first-order valence-corrected chi connectivity index (χ1v) is 3.58. The number of nitrogens with zero attached hydrogens (tertiary/aromatic N) is 2. The zero-order valence-corrected chi connectivity index (χ0v) is 7.00. The van der Waals surface area contributed by atoms with Gasteiger partial charge in [0.25, 0.3) is 0 Å². The number of amides is 2. The first kappa shape index (κ1) is 9.17. The third kappa shape index (κ3) is 3.32. The molecule has 70 valence electrons. The molecule has 0 aliphatic heterocycles. The van der Waals surface area contributed by atoms with Crippen LogP contribution in [0.2, 0.25) is 0 Å². The fourth-order valence-electron chi connectivity index (χ4n) is 0.647. The molecule has 1 aromatic heterocycles.